The van der Waals surface area contributed by atoms with E-state index < -0.39 is 5.92 Å². The van der Waals surface area contributed by atoms with Crippen LogP contribution in [0.5, 0.6) is 0 Å². The molecule has 0 aromatic heterocycles. The van der Waals surface area contributed by atoms with Crippen molar-refractivity contribution in [2.24, 2.45) is 5.92 Å². The number of aryl methyl sites for hydroxylation is 1. The van der Waals surface area contributed by atoms with Gasteiger partial charge in [-0.3, -0.25) is 0 Å². The summed E-state index contributed by atoms with van der Waals surface area (Å²) in [7, 11) is 0. The lowest BCUT2D eigenvalue weighted by atomic mass is 9.86. The minimum absolute atomic E-state index is 0.413. The molecule has 4 heteroatoms. The summed E-state index contributed by atoms with van der Waals surface area (Å²) in [5.41, 5.74) is 4.54. The van der Waals surface area contributed by atoms with E-state index in [1.807, 2.05) is 45.0 Å². The van der Waals surface area contributed by atoms with Crippen molar-refractivity contribution in [3.63, 3.8) is 0 Å². The molecular formula is C18H16ClN3. The number of hydrogen-bond acceptors (Lipinski definition) is 3. The lowest BCUT2D eigenvalue weighted by Gasteiger charge is -2.24. The number of allylic oxidation sites excluding steroid dienone is 5. The number of nitriles is 2. The van der Waals surface area contributed by atoms with Crippen molar-refractivity contribution in [1.29, 1.82) is 10.5 Å². The summed E-state index contributed by atoms with van der Waals surface area (Å²) < 4.78 is 0. The Labute approximate surface area is 135 Å². The highest BCUT2D eigenvalue weighted by molar-refractivity contribution is 6.48. The molecule has 0 bridgehead atoms. The van der Waals surface area contributed by atoms with Crippen LogP contribution in [0.2, 0.25) is 0 Å². The molecule has 3 nitrogen and oxygen atoms in total. The van der Waals surface area contributed by atoms with Crippen LogP contribution >= 0.6 is 11.6 Å². The number of halogens is 1. The molecular weight excluding hydrogens is 294 g/mol. The number of rotatable bonds is 2. The molecule has 1 heterocycles. The van der Waals surface area contributed by atoms with Gasteiger partial charge >= 0.3 is 0 Å². The first-order valence-electron chi connectivity index (χ1n) is 6.91. The van der Waals surface area contributed by atoms with Crippen molar-refractivity contribution in [3.05, 3.63) is 64.0 Å². The Kier molecular flexibility index (Phi) is 4.71. The normalized spacial score (nSPS) is 16.2. The molecule has 110 valence electrons. The highest BCUT2D eigenvalue weighted by Crippen LogP contribution is 2.33. The Morgan fingerprint density at radius 2 is 1.73 bits per heavy atom. The van der Waals surface area contributed by atoms with Crippen LogP contribution in [0, 0.1) is 35.5 Å². The van der Waals surface area contributed by atoms with Crippen molar-refractivity contribution in [1.82, 2.24) is 5.32 Å². The monoisotopic (exact) mass is 309 g/mol. The van der Waals surface area contributed by atoms with E-state index in [1.54, 1.807) is 6.08 Å². The van der Waals surface area contributed by atoms with Gasteiger partial charge in [0.15, 0.2) is 0 Å². The minimum Gasteiger partial charge on any atom is -0.361 e. The Morgan fingerprint density at radius 1 is 1.14 bits per heavy atom. The molecule has 1 aliphatic heterocycles. The Balaban J connectivity index is 2.52. The molecule has 0 fully saturated rings. The Morgan fingerprint density at radius 3 is 2.23 bits per heavy atom. The van der Waals surface area contributed by atoms with Gasteiger partial charge in [0, 0.05) is 16.4 Å². The quantitative estimate of drug-likeness (QED) is 0.881. The van der Waals surface area contributed by atoms with Crippen LogP contribution in [-0.4, -0.2) is 0 Å². The number of benzene rings is 1. The zero-order valence-electron chi connectivity index (χ0n) is 12.7. The molecule has 1 N–H and O–H groups in total. The average Bonchev–Trinajstić information content (AvgIpc) is 2.47. The van der Waals surface area contributed by atoms with Crippen LogP contribution in [0.1, 0.15) is 25.0 Å². The zero-order valence-corrected chi connectivity index (χ0v) is 13.5. The van der Waals surface area contributed by atoms with Crippen LogP contribution in [0.3, 0.4) is 0 Å². The second-order valence-electron chi connectivity index (χ2n) is 5.29. The van der Waals surface area contributed by atoms with E-state index in [1.165, 1.54) is 0 Å². The third kappa shape index (κ3) is 3.06. The van der Waals surface area contributed by atoms with Gasteiger partial charge in [0.05, 0.1) is 29.2 Å². The number of dihydropyridines is 1. The predicted molar refractivity (Wildman–Crippen MR) is 88.3 cm³/mol. The summed E-state index contributed by atoms with van der Waals surface area (Å²) in [4.78, 5) is 0. The van der Waals surface area contributed by atoms with Crippen LogP contribution in [-0.2, 0) is 0 Å². The largest absolute Gasteiger partial charge is 0.361 e. The summed E-state index contributed by atoms with van der Waals surface area (Å²) in [6.45, 7) is 5.66. The summed E-state index contributed by atoms with van der Waals surface area (Å²) in [5.74, 6) is -0.413. The van der Waals surface area contributed by atoms with Crippen LogP contribution in [0.25, 0.3) is 5.03 Å². The molecule has 1 aliphatic rings. The van der Waals surface area contributed by atoms with Gasteiger partial charge in [-0.15, -0.1) is 0 Å². The SMILES string of the molecule is CC1=C(C#N)C(/C=C(\Cl)c2cccc(C)c2)C(C#N)=C(C)N1. The van der Waals surface area contributed by atoms with E-state index in [4.69, 9.17) is 11.6 Å². The molecule has 1 aromatic carbocycles. The molecule has 0 saturated heterocycles. The highest BCUT2D eigenvalue weighted by atomic mass is 35.5. The van der Waals surface area contributed by atoms with Crippen LogP contribution < -0.4 is 5.32 Å². The van der Waals surface area contributed by atoms with Crippen molar-refractivity contribution >= 4 is 16.6 Å². The van der Waals surface area contributed by atoms with Gasteiger partial charge in [0.2, 0.25) is 0 Å². The minimum atomic E-state index is -0.413. The van der Waals surface area contributed by atoms with Gasteiger partial charge in [-0.25, -0.2) is 0 Å². The lowest BCUT2D eigenvalue weighted by Crippen LogP contribution is -2.23. The fourth-order valence-electron chi connectivity index (χ4n) is 2.54. The first-order valence-corrected chi connectivity index (χ1v) is 7.28. The fourth-order valence-corrected chi connectivity index (χ4v) is 2.78. The molecule has 0 saturated carbocycles. The number of nitrogens with one attached hydrogen (secondary N) is 1. The van der Waals surface area contributed by atoms with E-state index in [2.05, 4.69) is 17.5 Å². The molecule has 0 amide bonds. The van der Waals surface area contributed by atoms with E-state index in [-0.39, 0.29) is 0 Å². The van der Waals surface area contributed by atoms with Gasteiger partial charge in [0.1, 0.15) is 0 Å². The first kappa shape index (κ1) is 15.9. The summed E-state index contributed by atoms with van der Waals surface area (Å²) in [6, 6.07) is 12.2. The van der Waals surface area contributed by atoms with E-state index in [0.717, 1.165) is 22.5 Å². The van der Waals surface area contributed by atoms with Crippen LogP contribution in [0.15, 0.2) is 52.9 Å². The molecule has 0 aliphatic carbocycles. The van der Waals surface area contributed by atoms with Gasteiger partial charge in [-0.1, -0.05) is 47.5 Å². The number of nitrogens with zero attached hydrogens (tertiary/aromatic N) is 2. The molecule has 22 heavy (non-hydrogen) atoms. The average molecular weight is 310 g/mol. The third-order valence-corrected chi connectivity index (χ3v) is 4.00. The zero-order chi connectivity index (χ0) is 16.3. The molecule has 2 rings (SSSR count). The van der Waals surface area contributed by atoms with Crippen molar-refractivity contribution in [2.45, 2.75) is 20.8 Å². The molecule has 0 spiro atoms. The number of hydrogen-bond donors (Lipinski definition) is 1. The third-order valence-electron chi connectivity index (χ3n) is 3.65. The lowest BCUT2D eigenvalue weighted by molar-refractivity contribution is 0.799. The van der Waals surface area contributed by atoms with E-state index in [0.29, 0.717) is 16.2 Å². The van der Waals surface area contributed by atoms with Gasteiger partial charge in [-0.05, 0) is 26.3 Å². The standard InChI is InChI=1S/C18H16ClN3/c1-11-5-4-6-14(7-11)18(19)8-15-16(9-20)12(2)22-13(3)17(15)10-21/h4-8,15,22H,1-3H3/b18-8-. The Hall–Kier alpha value is -2.49. The van der Waals surface area contributed by atoms with E-state index >= 15 is 0 Å². The first-order chi connectivity index (χ1) is 10.5. The predicted octanol–water partition coefficient (Wildman–Crippen LogP) is 4.39. The maximum Gasteiger partial charge on any atom is 0.0975 e. The molecule has 0 radical (unpaired) electrons. The van der Waals surface area contributed by atoms with Crippen molar-refractivity contribution in [3.8, 4) is 12.1 Å². The second-order valence-corrected chi connectivity index (χ2v) is 5.69. The van der Waals surface area contributed by atoms with Crippen molar-refractivity contribution < 1.29 is 0 Å². The molecule has 0 unspecified atom stereocenters. The van der Waals surface area contributed by atoms with Crippen LogP contribution in [0.4, 0.5) is 0 Å². The maximum absolute atomic E-state index is 9.41. The summed E-state index contributed by atoms with van der Waals surface area (Å²) in [5, 5.41) is 22.4. The van der Waals surface area contributed by atoms with Gasteiger partial charge < -0.3 is 5.32 Å². The summed E-state index contributed by atoms with van der Waals surface area (Å²) in [6.07, 6.45) is 1.78. The van der Waals surface area contributed by atoms with Gasteiger partial charge in [-0.2, -0.15) is 10.5 Å². The molecule has 0 atom stereocenters. The highest BCUT2D eigenvalue weighted by Gasteiger charge is 2.26. The maximum atomic E-state index is 9.41. The van der Waals surface area contributed by atoms with Gasteiger partial charge in [0.25, 0.3) is 0 Å². The Bertz CT molecular complexity index is 749. The van der Waals surface area contributed by atoms with Crippen molar-refractivity contribution in [2.75, 3.05) is 0 Å². The molecule has 1 aromatic rings. The summed E-state index contributed by atoms with van der Waals surface area (Å²) >= 11 is 6.43. The second kappa shape index (κ2) is 6.52. The smallest absolute Gasteiger partial charge is 0.0975 e. The van der Waals surface area contributed by atoms with E-state index in [9.17, 15) is 10.5 Å². The topological polar surface area (TPSA) is 59.6 Å². The fraction of sp³-hybridized carbons (Fsp3) is 0.222.